The number of benzene rings is 1. The van der Waals surface area contributed by atoms with E-state index in [9.17, 15) is 0 Å². The second-order valence-corrected chi connectivity index (χ2v) is 5.07. The van der Waals surface area contributed by atoms with E-state index in [4.69, 9.17) is 0 Å². The maximum atomic E-state index is 3.46. The highest BCUT2D eigenvalue weighted by Crippen LogP contribution is 2.22. The van der Waals surface area contributed by atoms with Gasteiger partial charge >= 0.3 is 0 Å². The molecule has 1 fully saturated rings. The normalized spacial score (nSPS) is 16.6. The van der Waals surface area contributed by atoms with Gasteiger partial charge in [0.05, 0.1) is 0 Å². The zero-order chi connectivity index (χ0) is 11.9. The van der Waals surface area contributed by atoms with Gasteiger partial charge in [-0.1, -0.05) is 31.0 Å². The predicted octanol–water partition coefficient (Wildman–Crippen LogP) is 3.36. The summed E-state index contributed by atoms with van der Waals surface area (Å²) >= 11 is 0. The Morgan fingerprint density at radius 3 is 2.59 bits per heavy atom. The Hall–Kier alpha value is -1.02. The topological polar surface area (TPSA) is 15.3 Å². The molecule has 0 unspecified atom stereocenters. The van der Waals surface area contributed by atoms with E-state index >= 15 is 0 Å². The number of rotatable bonds is 6. The molecule has 1 aromatic carbocycles. The van der Waals surface area contributed by atoms with Gasteiger partial charge in [0.25, 0.3) is 0 Å². The number of para-hydroxylation sites is 1. The van der Waals surface area contributed by atoms with Crippen molar-refractivity contribution in [3.63, 3.8) is 0 Å². The van der Waals surface area contributed by atoms with E-state index < -0.39 is 0 Å². The molecule has 1 aromatic rings. The quantitative estimate of drug-likeness (QED) is 0.757. The van der Waals surface area contributed by atoms with E-state index in [2.05, 4.69) is 47.6 Å². The summed E-state index contributed by atoms with van der Waals surface area (Å²) in [6.45, 7) is 2.28. The molecule has 1 saturated carbocycles. The molecule has 0 aliphatic heterocycles. The maximum absolute atomic E-state index is 3.46. The summed E-state index contributed by atoms with van der Waals surface area (Å²) in [6.07, 6.45) is 6.89. The van der Waals surface area contributed by atoms with Crippen LogP contribution in [0.15, 0.2) is 30.3 Å². The monoisotopic (exact) mass is 232 g/mol. The largest absolute Gasteiger partial charge is 0.385 e. The maximum Gasteiger partial charge on any atom is 0.0340 e. The van der Waals surface area contributed by atoms with Crippen molar-refractivity contribution < 1.29 is 0 Å². The summed E-state index contributed by atoms with van der Waals surface area (Å²) in [4.78, 5) is 2.54. The summed E-state index contributed by atoms with van der Waals surface area (Å²) in [5.41, 5.74) is 1.23. The van der Waals surface area contributed by atoms with Crippen molar-refractivity contribution in [1.29, 1.82) is 0 Å². The lowest BCUT2D eigenvalue weighted by molar-refractivity contribution is 0.245. The molecule has 1 aliphatic carbocycles. The van der Waals surface area contributed by atoms with E-state index in [1.54, 1.807) is 0 Å². The van der Waals surface area contributed by atoms with Crippen LogP contribution in [0.1, 0.15) is 32.1 Å². The van der Waals surface area contributed by atoms with Crippen LogP contribution in [0.3, 0.4) is 0 Å². The molecule has 0 atom stereocenters. The molecule has 0 amide bonds. The minimum Gasteiger partial charge on any atom is -0.385 e. The lowest BCUT2D eigenvalue weighted by Gasteiger charge is -2.23. The lowest BCUT2D eigenvalue weighted by Crippen LogP contribution is -2.30. The highest BCUT2D eigenvalue weighted by atomic mass is 15.1. The van der Waals surface area contributed by atoms with E-state index in [0.717, 1.165) is 12.6 Å². The molecule has 0 saturated heterocycles. The molecule has 94 valence electrons. The number of nitrogens with one attached hydrogen (secondary N) is 1. The van der Waals surface area contributed by atoms with Gasteiger partial charge in [0, 0.05) is 18.3 Å². The fraction of sp³-hybridized carbons (Fsp3) is 0.600. The molecule has 0 spiro atoms. The van der Waals surface area contributed by atoms with Crippen molar-refractivity contribution in [3.05, 3.63) is 30.3 Å². The van der Waals surface area contributed by atoms with E-state index in [0.29, 0.717) is 0 Å². The van der Waals surface area contributed by atoms with Crippen LogP contribution >= 0.6 is 0 Å². The minimum absolute atomic E-state index is 0.853. The first-order chi connectivity index (χ1) is 8.36. The average molecular weight is 232 g/mol. The van der Waals surface area contributed by atoms with Crippen LogP contribution in [0.4, 0.5) is 5.69 Å². The van der Waals surface area contributed by atoms with Gasteiger partial charge in [-0.25, -0.2) is 0 Å². The van der Waals surface area contributed by atoms with Crippen molar-refractivity contribution >= 4 is 5.69 Å². The molecule has 2 rings (SSSR count). The van der Waals surface area contributed by atoms with Crippen molar-refractivity contribution in [2.24, 2.45) is 0 Å². The van der Waals surface area contributed by atoms with Gasteiger partial charge in [-0.05, 0) is 45.0 Å². The first-order valence-corrected chi connectivity index (χ1v) is 6.85. The second-order valence-electron chi connectivity index (χ2n) is 5.07. The Morgan fingerprint density at radius 1 is 1.18 bits per heavy atom. The SMILES string of the molecule is CN(CCCNc1ccccc1)C1CCCC1. The zero-order valence-electron chi connectivity index (χ0n) is 10.9. The summed E-state index contributed by atoms with van der Waals surface area (Å²) < 4.78 is 0. The molecule has 2 heteroatoms. The summed E-state index contributed by atoms with van der Waals surface area (Å²) in [5.74, 6) is 0. The Kier molecular flexibility index (Phi) is 4.87. The van der Waals surface area contributed by atoms with Crippen molar-refractivity contribution in [2.45, 2.75) is 38.1 Å². The smallest absolute Gasteiger partial charge is 0.0340 e. The van der Waals surface area contributed by atoms with Crippen LogP contribution in [0.5, 0.6) is 0 Å². The van der Waals surface area contributed by atoms with Gasteiger partial charge in [-0.2, -0.15) is 0 Å². The number of nitrogens with zero attached hydrogens (tertiary/aromatic N) is 1. The third kappa shape index (κ3) is 4.04. The third-order valence-corrected chi connectivity index (χ3v) is 3.74. The van der Waals surface area contributed by atoms with Crippen LogP contribution in [-0.4, -0.2) is 31.1 Å². The zero-order valence-corrected chi connectivity index (χ0v) is 10.9. The molecular formula is C15H24N2. The molecule has 1 N–H and O–H groups in total. The van der Waals surface area contributed by atoms with Crippen molar-refractivity contribution in [1.82, 2.24) is 4.90 Å². The van der Waals surface area contributed by atoms with Crippen LogP contribution in [0, 0.1) is 0 Å². The van der Waals surface area contributed by atoms with Gasteiger partial charge in [-0.3, -0.25) is 0 Å². The molecule has 0 bridgehead atoms. The second kappa shape index (κ2) is 6.65. The number of anilines is 1. The molecule has 2 nitrogen and oxygen atoms in total. The molecule has 1 aliphatic rings. The summed E-state index contributed by atoms with van der Waals surface area (Å²) in [5, 5.41) is 3.46. The Bertz CT molecular complexity index is 304. The van der Waals surface area contributed by atoms with E-state index in [1.807, 2.05) is 0 Å². The fourth-order valence-corrected chi connectivity index (χ4v) is 2.64. The van der Waals surface area contributed by atoms with Gasteiger partial charge in [-0.15, -0.1) is 0 Å². The first kappa shape index (κ1) is 12.4. The van der Waals surface area contributed by atoms with Crippen LogP contribution in [-0.2, 0) is 0 Å². The predicted molar refractivity (Wildman–Crippen MR) is 74.4 cm³/mol. The van der Waals surface area contributed by atoms with Gasteiger partial charge < -0.3 is 10.2 Å². The standard InChI is InChI=1S/C15H24N2/c1-17(15-10-5-6-11-15)13-7-12-16-14-8-3-2-4-9-14/h2-4,8-9,15-16H,5-7,10-13H2,1H3. The van der Waals surface area contributed by atoms with Crippen molar-refractivity contribution in [3.8, 4) is 0 Å². The first-order valence-electron chi connectivity index (χ1n) is 6.85. The van der Waals surface area contributed by atoms with Crippen LogP contribution < -0.4 is 5.32 Å². The highest BCUT2D eigenvalue weighted by Gasteiger charge is 2.18. The Labute approximate surface area is 105 Å². The van der Waals surface area contributed by atoms with Gasteiger partial charge in [0.15, 0.2) is 0 Å². The molecule has 0 heterocycles. The van der Waals surface area contributed by atoms with E-state index in [-0.39, 0.29) is 0 Å². The summed E-state index contributed by atoms with van der Waals surface area (Å²) in [6, 6.07) is 11.3. The minimum atomic E-state index is 0.853. The Balaban J connectivity index is 1.59. The van der Waals surface area contributed by atoms with Crippen molar-refractivity contribution in [2.75, 3.05) is 25.5 Å². The molecule has 0 aromatic heterocycles. The fourth-order valence-electron chi connectivity index (χ4n) is 2.64. The van der Waals surface area contributed by atoms with Crippen LogP contribution in [0.2, 0.25) is 0 Å². The van der Waals surface area contributed by atoms with Gasteiger partial charge in [0.1, 0.15) is 0 Å². The number of hydrogen-bond donors (Lipinski definition) is 1. The molecular weight excluding hydrogens is 208 g/mol. The summed E-state index contributed by atoms with van der Waals surface area (Å²) in [7, 11) is 2.28. The number of hydrogen-bond acceptors (Lipinski definition) is 2. The third-order valence-electron chi connectivity index (χ3n) is 3.74. The van der Waals surface area contributed by atoms with E-state index in [1.165, 1.54) is 44.3 Å². The molecule has 17 heavy (non-hydrogen) atoms. The highest BCUT2D eigenvalue weighted by molar-refractivity contribution is 5.42. The molecule has 0 radical (unpaired) electrons. The van der Waals surface area contributed by atoms with Gasteiger partial charge in [0.2, 0.25) is 0 Å². The average Bonchev–Trinajstić information content (AvgIpc) is 2.89. The lowest BCUT2D eigenvalue weighted by atomic mass is 10.2. The Morgan fingerprint density at radius 2 is 1.88 bits per heavy atom. The van der Waals surface area contributed by atoms with Crippen LogP contribution in [0.25, 0.3) is 0 Å².